The second-order valence-electron chi connectivity index (χ2n) is 11.2. The van der Waals surface area contributed by atoms with E-state index in [9.17, 15) is 5.11 Å². The van der Waals surface area contributed by atoms with E-state index < -0.39 is 0 Å². The first-order chi connectivity index (χ1) is 22.8. The van der Waals surface area contributed by atoms with Gasteiger partial charge >= 0.3 is 0 Å². The first-order valence-electron chi connectivity index (χ1n) is 15.4. The Kier molecular flexibility index (Phi) is 12.3. The summed E-state index contributed by atoms with van der Waals surface area (Å²) in [4.78, 5) is 11.9. The number of aromatic hydroxyl groups is 1. The molecule has 3 aromatic heterocycles. The Labute approximate surface area is 288 Å². The predicted octanol–water partition coefficient (Wildman–Crippen LogP) is 5.53. The van der Waals surface area contributed by atoms with Crippen molar-refractivity contribution in [2.24, 2.45) is 0 Å². The lowest BCUT2D eigenvalue weighted by Gasteiger charge is -2.09. The van der Waals surface area contributed by atoms with Crippen molar-refractivity contribution in [1.29, 1.82) is 0 Å². The number of halogens is 1. The fraction of sp³-hybridized carbons (Fsp3) is 0.125. The van der Waals surface area contributed by atoms with Gasteiger partial charge < -0.3 is 31.4 Å². The van der Waals surface area contributed by atoms with E-state index >= 15 is 0 Å². The number of phenols is 1. The summed E-state index contributed by atoms with van der Waals surface area (Å²) in [5.74, 6) is 1.10. The number of benzene rings is 4. The van der Waals surface area contributed by atoms with E-state index in [0.29, 0.717) is 0 Å². The molecular weight excluding hydrogens is 618 g/mol. The minimum atomic E-state index is 0. The first kappa shape index (κ1) is 35.2. The topological polar surface area (TPSA) is 79.2 Å². The van der Waals surface area contributed by atoms with Crippen LogP contribution in [-0.2, 0) is 0 Å². The van der Waals surface area contributed by atoms with Gasteiger partial charge in [-0.15, -0.1) is 0 Å². The quantitative estimate of drug-likeness (QED) is 0.264. The van der Waals surface area contributed by atoms with Gasteiger partial charge in [-0.05, 0) is 74.2 Å². The Balaban J connectivity index is 0.000000182. The molecular formula is C40H40ClN5O2. The Morgan fingerprint density at radius 3 is 1.46 bits per heavy atom. The Hall–Kier alpha value is -5.66. The number of rotatable bonds is 5. The summed E-state index contributed by atoms with van der Waals surface area (Å²) < 4.78 is 9.39. The van der Waals surface area contributed by atoms with Gasteiger partial charge in [0.05, 0.1) is 42.5 Å². The number of nitrogens with one attached hydrogen (secondary N) is 1. The molecule has 0 atom stereocenters. The zero-order chi connectivity index (χ0) is 33.2. The van der Waals surface area contributed by atoms with E-state index in [1.807, 2.05) is 90.4 Å². The lowest BCUT2D eigenvalue weighted by Crippen LogP contribution is -3.00. The highest BCUT2D eigenvalue weighted by Crippen LogP contribution is 2.26. The van der Waals surface area contributed by atoms with Gasteiger partial charge in [-0.1, -0.05) is 66.7 Å². The zero-order valence-electron chi connectivity index (χ0n) is 27.8. The van der Waals surface area contributed by atoms with Gasteiger partial charge in [-0.25, -0.2) is 15.0 Å². The Bertz CT molecular complexity index is 1990. The number of methoxy groups -OCH3 is 1. The molecule has 7 nitrogen and oxygen atoms in total. The summed E-state index contributed by atoms with van der Waals surface area (Å²) in [6.07, 6.45) is 11.5. The van der Waals surface area contributed by atoms with E-state index in [4.69, 9.17) is 4.74 Å². The molecule has 0 fully saturated rings. The molecule has 0 spiro atoms. The molecule has 244 valence electrons. The van der Waals surface area contributed by atoms with Gasteiger partial charge in [-0.3, -0.25) is 0 Å². The minimum Gasteiger partial charge on any atom is -1.00 e. The Morgan fingerprint density at radius 1 is 0.583 bits per heavy atom. The van der Waals surface area contributed by atoms with Crippen LogP contribution in [0.1, 0.15) is 22.3 Å². The van der Waals surface area contributed by atoms with E-state index in [0.717, 1.165) is 34.0 Å². The number of para-hydroxylation sites is 2. The molecule has 0 saturated carbocycles. The molecule has 3 heterocycles. The van der Waals surface area contributed by atoms with Crippen molar-refractivity contribution in [2.45, 2.75) is 27.7 Å². The molecule has 0 aliphatic heterocycles. The van der Waals surface area contributed by atoms with Crippen LogP contribution in [0.15, 0.2) is 141 Å². The SMILES string of the molecule is COc1cccc(-c2cn(-c3c(C)cccc3C)cn2)c1.Cc1cccc(C)c1-n1cnc(-c2cccc(O)c2)c1.[Cl-].c1cc[nH+]cc1. The van der Waals surface area contributed by atoms with Crippen molar-refractivity contribution >= 4 is 0 Å². The zero-order valence-corrected chi connectivity index (χ0v) is 28.6. The number of aromatic nitrogens is 5. The summed E-state index contributed by atoms with van der Waals surface area (Å²) in [6, 6.07) is 33.5. The van der Waals surface area contributed by atoms with Crippen molar-refractivity contribution < 1.29 is 27.2 Å². The number of phenolic OH excluding ortho intramolecular Hbond substituents is 1. The number of hydrogen-bond acceptors (Lipinski definition) is 4. The van der Waals surface area contributed by atoms with Crippen LogP contribution in [-0.4, -0.2) is 31.3 Å². The summed E-state index contributed by atoms with van der Waals surface area (Å²) in [7, 11) is 1.68. The number of H-pyrrole nitrogens is 1. The van der Waals surface area contributed by atoms with Gasteiger partial charge in [0.15, 0.2) is 12.4 Å². The molecule has 0 saturated heterocycles. The van der Waals surface area contributed by atoms with Gasteiger partial charge in [-0.2, -0.15) is 0 Å². The third-order valence-corrected chi connectivity index (χ3v) is 7.68. The van der Waals surface area contributed by atoms with E-state index in [-0.39, 0.29) is 18.2 Å². The number of pyridine rings is 1. The summed E-state index contributed by atoms with van der Waals surface area (Å²) in [5, 5.41) is 9.55. The average Bonchev–Trinajstić information content (AvgIpc) is 3.77. The highest BCUT2D eigenvalue weighted by molar-refractivity contribution is 5.63. The molecule has 0 bridgehead atoms. The van der Waals surface area contributed by atoms with Crippen LogP contribution in [0.4, 0.5) is 0 Å². The number of aryl methyl sites for hydroxylation is 4. The van der Waals surface area contributed by atoms with Gasteiger partial charge in [0, 0.05) is 35.7 Å². The second kappa shape index (κ2) is 16.8. The van der Waals surface area contributed by atoms with Crippen LogP contribution in [0.3, 0.4) is 0 Å². The molecule has 0 aliphatic rings. The number of nitrogens with zero attached hydrogens (tertiary/aromatic N) is 4. The van der Waals surface area contributed by atoms with Crippen LogP contribution < -0.4 is 22.1 Å². The van der Waals surface area contributed by atoms with Crippen LogP contribution in [0.5, 0.6) is 11.5 Å². The maximum Gasteiger partial charge on any atom is 0.166 e. The second-order valence-corrected chi connectivity index (χ2v) is 11.2. The van der Waals surface area contributed by atoms with Gasteiger partial charge in [0.2, 0.25) is 0 Å². The fourth-order valence-electron chi connectivity index (χ4n) is 5.40. The standard InChI is InChI=1S/C18H18N2O.C17H16N2O.C5H5N.ClH/c1-13-6-4-7-14(2)18(13)20-11-17(19-12-20)15-8-5-9-16(10-15)21-3;1-12-5-3-6-13(2)17(12)19-10-16(18-11-19)14-7-4-8-15(20)9-14;1-2-4-6-5-3-1;/h4-12H,1-3H3;3-11,20H,1-2H3;1-5H;1H. The maximum absolute atomic E-state index is 9.55. The number of aromatic amines is 1. The predicted molar refractivity (Wildman–Crippen MR) is 188 cm³/mol. The van der Waals surface area contributed by atoms with E-state index in [1.54, 1.807) is 19.2 Å². The third-order valence-electron chi connectivity index (χ3n) is 7.68. The van der Waals surface area contributed by atoms with Crippen molar-refractivity contribution in [1.82, 2.24) is 19.1 Å². The molecule has 8 heteroatoms. The molecule has 48 heavy (non-hydrogen) atoms. The summed E-state index contributed by atoms with van der Waals surface area (Å²) in [5.41, 5.74) is 11.0. The first-order valence-corrected chi connectivity index (χ1v) is 15.4. The monoisotopic (exact) mass is 657 g/mol. The van der Waals surface area contributed by atoms with Crippen molar-refractivity contribution in [3.63, 3.8) is 0 Å². The highest BCUT2D eigenvalue weighted by atomic mass is 35.5. The molecule has 4 aromatic carbocycles. The largest absolute Gasteiger partial charge is 1.00 e. The fourth-order valence-corrected chi connectivity index (χ4v) is 5.40. The molecule has 7 rings (SSSR count). The molecule has 0 amide bonds. The van der Waals surface area contributed by atoms with Gasteiger partial charge in [0.1, 0.15) is 11.5 Å². The normalized spacial score (nSPS) is 10.1. The van der Waals surface area contributed by atoms with Crippen LogP contribution in [0, 0.1) is 27.7 Å². The van der Waals surface area contributed by atoms with E-state index in [1.165, 1.54) is 27.9 Å². The number of ether oxygens (including phenoxy) is 1. The van der Waals surface area contributed by atoms with E-state index in [2.05, 4.69) is 89.8 Å². The molecule has 0 aliphatic carbocycles. The molecule has 7 aromatic rings. The van der Waals surface area contributed by atoms with Crippen molar-refractivity contribution in [2.75, 3.05) is 7.11 Å². The third kappa shape index (κ3) is 8.78. The highest BCUT2D eigenvalue weighted by Gasteiger charge is 2.09. The minimum absolute atomic E-state index is 0. The maximum atomic E-state index is 9.55. The average molecular weight is 658 g/mol. The van der Waals surface area contributed by atoms with Crippen molar-refractivity contribution in [3.05, 3.63) is 163 Å². The number of hydrogen-bond donors (Lipinski definition) is 1. The van der Waals surface area contributed by atoms with Crippen molar-refractivity contribution in [3.8, 4) is 45.4 Å². The van der Waals surface area contributed by atoms with Crippen LogP contribution in [0.2, 0.25) is 0 Å². The lowest BCUT2D eigenvalue weighted by atomic mass is 10.1. The molecule has 0 radical (unpaired) electrons. The lowest BCUT2D eigenvalue weighted by molar-refractivity contribution is -0.377. The van der Waals surface area contributed by atoms with Crippen LogP contribution in [0.25, 0.3) is 33.9 Å². The molecule has 0 unspecified atom stereocenters. The van der Waals surface area contributed by atoms with Gasteiger partial charge in [0.25, 0.3) is 0 Å². The number of imidazole rings is 2. The van der Waals surface area contributed by atoms with Crippen LogP contribution >= 0.6 is 0 Å². The Morgan fingerprint density at radius 2 is 1.04 bits per heavy atom. The summed E-state index contributed by atoms with van der Waals surface area (Å²) in [6.45, 7) is 8.42. The smallest absolute Gasteiger partial charge is 0.166 e. The summed E-state index contributed by atoms with van der Waals surface area (Å²) >= 11 is 0. The molecule has 2 N–H and O–H groups in total.